The molecule has 0 aliphatic carbocycles. The first-order chi connectivity index (χ1) is 13.2. The highest BCUT2D eigenvalue weighted by Crippen LogP contribution is 2.36. The van der Waals surface area contributed by atoms with E-state index in [0.717, 1.165) is 48.6 Å². The zero-order valence-electron chi connectivity index (χ0n) is 15.0. The summed E-state index contributed by atoms with van der Waals surface area (Å²) in [5, 5.41) is 2.01. The van der Waals surface area contributed by atoms with Gasteiger partial charge >= 0.3 is 0 Å². The van der Waals surface area contributed by atoms with Crippen LogP contribution in [0.25, 0.3) is 10.4 Å². The highest BCUT2D eigenvalue weighted by atomic mass is 32.1. The molecular weight excluding hydrogens is 359 g/mol. The Kier molecular flexibility index (Phi) is 4.21. The number of thiophene rings is 1. The monoisotopic (exact) mass is 380 g/mol. The molecule has 3 aromatic rings. The second kappa shape index (κ2) is 6.73. The van der Waals surface area contributed by atoms with Gasteiger partial charge in [0.15, 0.2) is 0 Å². The van der Waals surface area contributed by atoms with Crippen molar-refractivity contribution in [3.05, 3.63) is 81.3 Å². The topological polar surface area (TPSA) is 25.2 Å². The van der Waals surface area contributed by atoms with Gasteiger partial charge in [-0.3, -0.25) is 9.69 Å². The lowest BCUT2D eigenvalue weighted by Gasteiger charge is -2.43. The van der Waals surface area contributed by atoms with Crippen molar-refractivity contribution in [2.45, 2.75) is 25.4 Å². The van der Waals surface area contributed by atoms with E-state index in [-0.39, 0.29) is 11.4 Å². The number of fused-ring (bicyclic) bond motifs is 4. The van der Waals surface area contributed by atoms with Crippen LogP contribution in [0.15, 0.2) is 58.7 Å². The molecule has 5 heteroatoms. The van der Waals surface area contributed by atoms with Crippen molar-refractivity contribution in [3.8, 4) is 10.4 Å². The maximum absolute atomic E-state index is 13.1. The van der Waals surface area contributed by atoms with E-state index >= 15 is 0 Å². The highest BCUT2D eigenvalue weighted by molar-refractivity contribution is 7.13. The minimum absolute atomic E-state index is 0.150. The number of likely N-dealkylation sites (tertiary alicyclic amines) is 1. The summed E-state index contributed by atoms with van der Waals surface area (Å²) in [4.78, 5) is 16.6. The number of rotatable bonds is 3. The predicted molar refractivity (Wildman–Crippen MR) is 107 cm³/mol. The Morgan fingerprint density at radius 1 is 1.04 bits per heavy atom. The predicted octanol–water partition coefficient (Wildman–Crippen LogP) is 4.34. The van der Waals surface area contributed by atoms with Crippen LogP contribution in [0.4, 0.5) is 4.39 Å². The van der Waals surface area contributed by atoms with Crippen molar-refractivity contribution in [2.75, 3.05) is 13.1 Å². The smallest absolute Gasteiger partial charge is 0.259 e. The molecule has 1 aromatic carbocycles. The normalized spacial score (nSPS) is 21.8. The fourth-order valence-corrected chi connectivity index (χ4v) is 5.38. The largest absolute Gasteiger partial charge is 0.311 e. The van der Waals surface area contributed by atoms with Crippen LogP contribution in [-0.4, -0.2) is 22.6 Å². The molecule has 138 valence electrons. The molecule has 1 saturated heterocycles. The maximum atomic E-state index is 13.1. The number of hydrogen-bond acceptors (Lipinski definition) is 3. The second-order valence-corrected chi connectivity index (χ2v) is 8.63. The van der Waals surface area contributed by atoms with E-state index in [1.165, 1.54) is 17.8 Å². The zero-order valence-corrected chi connectivity index (χ0v) is 15.8. The van der Waals surface area contributed by atoms with E-state index < -0.39 is 0 Å². The van der Waals surface area contributed by atoms with Crippen LogP contribution in [0.1, 0.15) is 23.6 Å². The second-order valence-electron chi connectivity index (χ2n) is 7.68. The van der Waals surface area contributed by atoms with Crippen molar-refractivity contribution in [1.29, 1.82) is 0 Å². The first-order valence-electron chi connectivity index (χ1n) is 9.42. The van der Waals surface area contributed by atoms with E-state index in [2.05, 4.69) is 11.0 Å². The number of benzene rings is 1. The van der Waals surface area contributed by atoms with Crippen LogP contribution in [0.3, 0.4) is 0 Å². The number of nitrogens with zero attached hydrogens (tertiary/aromatic N) is 2. The third-order valence-corrected chi connectivity index (χ3v) is 6.69. The summed E-state index contributed by atoms with van der Waals surface area (Å²) in [6, 6.07) is 14.9. The standard InChI is InChI=1S/C22H21FN2OS/c23-18-5-3-15(4-6-18)11-24-12-16-10-17(14-24)20-8-7-19(21-2-1-9-27-21)22(26)25(20)13-16/h1-9,16-17H,10-14H2/t16-,17+/m0/s1. The lowest BCUT2D eigenvalue weighted by molar-refractivity contribution is 0.114. The van der Waals surface area contributed by atoms with E-state index in [1.807, 2.05) is 40.3 Å². The molecule has 2 aromatic heterocycles. The summed E-state index contributed by atoms with van der Waals surface area (Å²) in [6.07, 6.45) is 1.15. The van der Waals surface area contributed by atoms with Crippen molar-refractivity contribution < 1.29 is 4.39 Å². The third kappa shape index (κ3) is 3.15. The number of hydrogen-bond donors (Lipinski definition) is 0. The molecule has 0 saturated carbocycles. The van der Waals surface area contributed by atoms with Gasteiger partial charge in [0.25, 0.3) is 5.56 Å². The summed E-state index contributed by atoms with van der Waals surface area (Å²) in [5.74, 6) is 0.695. The Labute approximate surface area is 161 Å². The van der Waals surface area contributed by atoms with Crippen molar-refractivity contribution in [1.82, 2.24) is 9.47 Å². The van der Waals surface area contributed by atoms with Crippen molar-refractivity contribution in [3.63, 3.8) is 0 Å². The number of pyridine rings is 1. The van der Waals surface area contributed by atoms with E-state index in [4.69, 9.17) is 0 Å². The molecule has 0 amide bonds. The van der Waals surface area contributed by atoms with E-state index in [0.29, 0.717) is 11.8 Å². The molecule has 2 atom stereocenters. The SMILES string of the molecule is O=c1c(-c2cccs2)ccc2n1C[C@H]1C[C@@H]2CN(Cc2ccc(F)cc2)C1. The Morgan fingerprint density at radius 3 is 2.67 bits per heavy atom. The fourth-order valence-electron chi connectivity index (χ4n) is 4.64. The van der Waals surface area contributed by atoms with Gasteiger partial charge in [-0.1, -0.05) is 18.2 Å². The zero-order chi connectivity index (χ0) is 18.4. The van der Waals surface area contributed by atoms with Crippen LogP contribution in [-0.2, 0) is 13.1 Å². The van der Waals surface area contributed by atoms with Crippen LogP contribution < -0.4 is 5.56 Å². The van der Waals surface area contributed by atoms with Crippen LogP contribution >= 0.6 is 11.3 Å². The molecule has 3 nitrogen and oxygen atoms in total. The fraction of sp³-hybridized carbons (Fsp3) is 0.318. The van der Waals surface area contributed by atoms with Gasteiger partial charge in [0.05, 0.1) is 5.56 Å². The van der Waals surface area contributed by atoms with Crippen molar-refractivity contribution >= 4 is 11.3 Å². The van der Waals surface area contributed by atoms with Gasteiger partial charge in [0.2, 0.25) is 0 Å². The van der Waals surface area contributed by atoms with Gasteiger partial charge in [-0.05, 0) is 53.6 Å². The summed E-state index contributed by atoms with van der Waals surface area (Å²) in [7, 11) is 0. The van der Waals surface area contributed by atoms with Crippen LogP contribution in [0.5, 0.6) is 0 Å². The molecule has 5 rings (SSSR count). The third-order valence-electron chi connectivity index (χ3n) is 5.79. The quantitative estimate of drug-likeness (QED) is 0.676. The lowest BCUT2D eigenvalue weighted by Crippen LogP contribution is -2.46. The minimum atomic E-state index is -0.191. The molecule has 0 spiro atoms. The summed E-state index contributed by atoms with van der Waals surface area (Å²) >= 11 is 1.62. The van der Waals surface area contributed by atoms with E-state index in [1.54, 1.807) is 11.3 Å². The van der Waals surface area contributed by atoms with Crippen molar-refractivity contribution in [2.24, 2.45) is 5.92 Å². The van der Waals surface area contributed by atoms with E-state index in [9.17, 15) is 9.18 Å². The van der Waals surface area contributed by atoms with Crippen LogP contribution in [0.2, 0.25) is 0 Å². The molecule has 4 heterocycles. The minimum Gasteiger partial charge on any atom is -0.311 e. The Hall–Kier alpha value is -2.24. The van der Waals surface area contributed by atoms with Crippen LogP contribution in [0, 0.1) is 11.7 Å². The molecule has 2 aliphatic heterocycles. The number of piperidine rings is 1. The lowest BCUT2D eigenvalue weighted by atomic mass is 9.82. The molecular formula is C22H21FN2OS. The molecule has 2 aliphatic rings. The Morgan fingerprint density at radius 2 is 1.89 bits per heavy atom. The maximum Gasteiger partial charge on any atom is 0.259 e. The van der Waals surface area contributed by atoms with Gasteiger partial charge < -0.3 is 4.57 Å². The van der Waals surface area contributed by atoms with Gasteiger partial charge in [-0.25, -0.2) is 4.39 Å². The molecule has 27 heavy (non-hydrogen) atoms. The Balaban J connectivity index is 1.42. The molecule has 1 fully saturated rings. The summed E-state index contributed by atoms with van der Waals surface area (Å²) < 4.78 is 15.2. The average molecular weight is 380 g/mol. The molecule has 0 unspecified atom stereocenters. The van der Waals surface area contributed by atoms with Gasteiger partial charge in [-0.2, -0.15) is 0 Å². The Bertz CT molecular complexity index is 1010. The first kappa shape index (κ1) is 16.9. The van der Waals surface area contributed by atoms with Gasteiger partial charge in [0, 0.05) is 42.7 Å². The first-order valence-corrected chi connectivity index (χ1v) is 10.3. The van der Waals surface area contributed by atoms with Gasteiger partial charge in [-0.15, -0.1) is 11.3 Å². The molecule has 0 radical (unpaired) electrons. The summed E-state index contributed by atoms with van der Waals surface area (Å²) in [6.45, 7) is 3.57. The molecule has 2 bridgehead atoms. The molecule has 0 N–H and O–H groups in total. The number of aromatic nitrogens is 1. The number of halogens is 1. The van der Waals surface area contributed by atoms with Gasteiger partial charge in [0.1, 0.15) is 5.82 Å². The summed E-state index contributed by atoms with van der Waals surface area (Å²) in [5.41, 5.74) is 3.27. The average Bonchev–Trinajstić information content (AvgIpc) is 3.19. The highest BCUT2D eigenvalue weighted by Gasteiger charge is 2.35.